The number of fused-ring (bicyclic) bond motifs is 5. The van der Waals surface area contributed by atoms with E-state index in [0.29, 0.717) is 6.61 Å². The summed E-state index contributed by atoms with van der Waals surface area (Å²) in [6.07, 6.45) is 3.16. The van der Waals surface area contributed by atoms with Gasteiger partial charge in [-0.2, -0.15) is 0 Å². The van der Waals surface area contributed by atoms with Crippen LogP contribution in [0.5, 0.6) is 5.75 Å². The average Bonchev–Trinajstić information content (AvgIpc) is 2.91. The molecule has 4 heteroatoms. The van der Waals surface area contributed by atoms with E-state index in [0.717, 1.165) is 59.6 Å². The maximum Gasteiger partial charge on any atom is 0.340 e. The summed E-state index contributed by atoms with van der Waals surface area (Å²) in [5.74, 6) is 0.664. The predicted molar refractivity (Wildman–Crippen MR) is 92.4 cm³/mol. The van der Waals surface area contributed by atoms with Crippen molar-refractivity contribution in [3.8, 4) is 17.0 Å². The van der Waals surface area contributed by atoms with E-state index in [2.05, 4.69) is 10.6 Å². The zero-order chi connectivity index (χ0) is 16.9. The second kappa shape index (κ2) is 5.40. The Kier molecular flexibility index (Phi) is 3.44. The number of ether oxygens (including phenoxy) is 2. The van der Waals surface area contributed by atoms with Crippen LogP contribution in [-0.4, -0.2) is 17.1 Å². The molecule has 126 valence electrons. The lowest BCUT2D eigenvalue weighted by Gasteiger charge is -2.34. The predicted octanol–water partition coefficient (Wildman–Crippen LogP) is 4.30. The first-order chi connectivity index (χ1) is 11.5. The van der Waals surface area contributed by atoms with Crippen molar-refractivity contribution in [2.75, 3.05) is 6.61 Å². The summed E-state index contributed by atoms with van der Waals surface area (Å²) in [5.41, 5.74) is 4.47. The van der Waals surface area contributed by atoms with Gasteiger partial charge in [-0.05, 0) is 52.2 Å². The van der Waals surface area contributed by atoms with Gasteiger partial charge in [0.1, 0.15) is 11.4 Å². The molecular weight excluding hydrogens is 302 g/mol. The quantitative estimate of drug-likeness (QED) is 0.773. The van der Waals surface area contributed by atoms with Gasteiger partial charge in [0.25, 0.3) is 0 Å². The number of aromatic nitrogens is 1. The minimum absolute atomic E-state index is 0.222. The molecule has 2 aliphatic rings. The Morgan fingerprint density at radius 3 is 2.88 bits per heavy atom. The Hall–Kier alpha value is -2.23. The fraction of sp³-hybridized carbons (Fsp3) is 0.450. The van der Waals surface area contributed by atoms with Gasteiger partial charge >= 0.3 is 5.97 Å². The number of para-hydroxylation sites is 1. The SMILES string of the molecule is CCOC(=O)c1c2c(n3c1CCCC3)-c1ccccc1OC2(C)C. The van der Waals surface area contributed by atoms with Gasteiger partial charge in [0, 0.05) is 23.4 Å². The first kappa shape index (κ1) is 15.3. The molecule has 0 radical (unpaired) electrons. The number of hydrogen-bond acceptors (Lipinski definition) is 3. The van der Waals surface area contributed by atoms with Crippen LogP contribution in [0.25, 0.3) is 11.3 Å². The number of carbonyl (C=O) groups excluding carboxylic acids is 1. The molecule has 0 fully saturated rings. The first-order valence-corrected chi connectivity index (χ1v) is 8.76. The summed E-state index contributed by atoms with van der Waals surface area (Å²) in [6, 6.07) is 8.11. The van der Waals surface area contributed by atoms with Gasteiger partial charge < -0.3 is 14.0 Å². The van der Waals surface area contributed by atoms with Crippen LogP contribution in [0.4, 0.5) is 0 Å². The van der Waals surface area contributed by atoms with Gasteiger partial charge in [-0.1, -0.05) is 12.1 Å². The van der Waals surface area contributed by atoms with E-state index in [1.54, 1.807) is 0 Å². The third-order valence-corrected chi connectivity index (χ3v) is 5.01. The fourth-order valence-electron chi connectivity index (χ4n) is 4.10. The van der Waals surface area contributed by atoms with Gasteiger partial charge in [0.15, 0.2) is 0 Å². The largest absolute Gasteiger partial charge is 0.482 e. The van der Waals surface area contributed by atoms with Crippen LogP contribution in [0.1, 0.15) is 55.2 Å². The molecule has 24 heavy (non-hydrogen) atoms. The smallest absolute Gasteiger partial charge is 0.340 e. The number of rotatable bonds is 2. The van der Waals surface area contributed by atoms with Crippen LogP contribution in [0, 0.1) is 0 Å². The van der Waals surface area contributed by atoms with Gasteiger partial charge in [-0.3, -0.25) is 0 Å². The molecule has 1 aromatic heterocycles. The Bertz CT molecular complexity index is 817. The summed E-state index contributed by atoms with van der Waals surface area (Å²) in [4.78, 5) is 12.8. The first-order valence-electron chi connectivity index (χ1n) is 8.76. The van der Waals surface area contributed by atoms with Crippen molar-refractivity contribution in [1.82, 2.24) is 4.57 Å². The Morgan fingerprint density at radius 1 is 1.29 bits per heavy atom. The molecule has 0 amide bonds. The second-order valence-corrected chi connectivity index (χ2v) is 6.98. The molecule has 0 saturated carbocycles. The average molecular weight is 325 g/mol. The zero-order valence-electron chi connectivity index (χ0n) is 14.5. The van der Waals surface area contributed by atoms with Crippen LogP contribution in [-0.2, 0) is 23.3 Å². The Labute approximate surface area is 142 Å². The van der Waals surface area contributed by atoms with E-state index in [1.165, 1.54) is 0 Å². The van der Waals surface area contributed by atoms with Crippen LogP contribution < -0.4 is 4.74 Å². The molecule has 4 rings (SSSR count). The second-order valence-electron chi connectivity index (χ2n) is 6.98. The van der Waals surface area contributed by atoms with Crippen LogP contribution in [0.2, 0.25) is 0 Å². The van der Waals surface area contributed by atoms with Gasteiger partial charge in [0.05, 0.1) is 17.9 Å². The molecule has 1 aromatic carbocycles. The van der Waals surface area contributed by atoms with Crippen molar-refractivity contribution >= 4 is 5.97 Å². The molecule has 0 spiro atoms. The molecule has 2 aliphatic heterocycles. The molecule has 0 N–H and O–H groups in total. The number of esters is 1. The van der Waals surface area contributed by atoms with E-state index in [9.17, 15) is 4.79 Å². The standard InChI is InChI=1S/C20H23NO3/c1-4-23-19(22)16-14-10-7-8-12-21(14)18-13-9-5-6-11-15(13)24-20(2,3)17(16)18/h5-6,9,11H,4,7-8,10,12H2,1-3H3. The topological polar surface area (TPSA) is 40.5 Å². The Morgan fingerprint density at radius 2 is 2.08 bits per heavy atom. The molecule has 3 heterocycles. The van der Waals surface area contributed by atoms with Crippen LogP contribution in [0.3, 0.4) is 0 Å². The number of hydrogen-bond donors (Lipinski definition) is 0. The monoisotopic (exact) mass is 325 g/mol. The highest BCUT2D eigenvalue weighted by Gasteiger charge is 2.42. The lowest BCUT2D eigenvalue weighted by atomic mass is 9.87. The molecule has 4 nitrogen and oxygen atoms in total. The minimum Gasteiger partial charge on any atom is -0.482 e. The normalized spacial score (nSPS) is 17.3. The summed E-state index contributed by atoms with van der Waals surface area (Å²) < 4.78 is 14.0. The van der Waals surface area contributed by atoms with Gasteiger partial charge in [-0.25, -0.2) is 4.79 Å². The van der Waals surface area contributed by atoms with E-state index in [1.807, 2.05) is 39.0 Å². The third kappa shape index (κ3) is 2.09. The highest BCUT2D eigenvalue weighted by atomic mass is 16.5. The summed E-state index contributed by atoms with van der Waals surface area (Å²) in [5, 5.41) is 0. The lowest BCUT2D eigenvalue weighted by Crippen LogP contribution is -2.31. The van der Waals surface area contributed by atoms with Crippen molar-refractivity contribution in [3.63, 3.8) is 0 Å². The van der Waals surface area contributed by atoms with Crippen LogP contribution in [0.15, 0.2) is 24.3 Å². The summed E-state index contributed by atoms with van der Waals surface area (Å²) in [6.45, 7) is 7.26. The van der Waals surface area contributed by atoms with E-state index >= 15 is 0 Å². The van der Waals surface area contributed by atoms with E-state index in [-0.39, 0.29) is 5.97 Å². The maximum absolute atomic E-state index is 12.8. The molecule has 0 bridgehead atoms. The number of benzene rings is 1. The van der Waals surface area contributed by atoms with Crippen molar-refractivity contribution in [3.05, 3.63) is 41.1 Å². The molecule has 0 saturated heterocycles. The minimum atomic E-state index is -0.559. The summed E-state index contributed by atoms with van der Waals surface area (Å²) >= 11 is 0. The molecule has 0 atom stereocenters. The van der Waals surface area contributed by atoms with Crippen molar-refractivity contribution in [2.24, 2.45) is 0 Å². The highest BCUT2D eigenvalue weighted by Crippen LogP contribution is 2.49. The molecule has 2 aromatic rings. The molecule has 0 aliphatic carbocycles. The molecular formula is C20H23NO3. The maximum atomic E-state index is 12.8. The van der Waals surface area contributed by atoms with E-state index in [4.69, 9.17) is 9.47 Å². The van der Waals surface area contributed by atoms with Crippen molar-refractivity contribution in [1.29, 1.82) is 0 Å². The van der Waals surface area contributed by atoms with E-state index < -0.39 is 5.60 Å². The number of nitrogens with zero attached hydrogens (tertiary/aromatic N) is 1. The van der Waals surface area contributed by atoms with Crippen molar-refractivity contribution in [2.45, 2.75) is 52.2 Å². The number of carbonyl (C=O) groups is 1. The van der Waals surface area contributed by atoms with Crippen molar-refractivity contribution < 1.29 is 14.3 Å². The highest BCUT2D eigenvalue weighted by molar-refractivity contribution is 5.97. The zero-order valence-corrected chi connectivity index (χ0v) is 14.5. The van der Waals surface area contributed by atoms with Crippen LogP contribution >= 0.6 is 0 Å². The Balaban J connectivity index is 2.06. The molecule has 0 unspecified atom stereocenters. The van der Waals surface area contributed by atoms with Gasteiger partial charge in [-0.15, -0.1) is 0 Å². The third-order valence-electron chi connectivity index (χ3n) is 5.01. The summed E-state index contributed by atoms with van der Waals surface area (Å²) in [7, 11) is 0. The lowest BCUT2D eigenvalue weighted by molar-refractivity contribution is 0.0506. The van der Waals surface area contributed by atoms with Gasteiger partial charge in [0.2, 0.25) is 0 Å². The fourth-order valence-corrected chi connectivity index (χ4v) is 4.10.